The molecule has 41 heavy (non-hydrogen) atoms. The van der Waals surface area contributed by atoms with Crippen molar-refractivity contribution >= 4 is 34.3 Å². The summed E-state index contributed by atoms with van der Waals surface area (Å²) < 4.78 is 5.22. The highest BCUT2D eigenvalue weighted by Gasteiger charge is 2.23. The molecule has 0 aliphatic carbocycles. The molecule has 6 nitrogen and oxygen atoms in total. The number of nitrogens with one attached hydrogen (secondary N) is 1. The van der Waals surface area contributed by atoms with Crippen molar-refractivity contribution in [2.75, 3.05) is 33.4 Å². The summed E-state index contributed by atoms with van der Waals surface area (Å²) in [6.07, 6.45) is 3.35. The number of para-hydroxylation sites is 1. The standard InChI is InChI=1S/C34H40ClN3O3/c1-34(2,3)28-14-10-25(11-15-28)23-37(20-18-27-22-36-31-9-6-5-8-30(27)31)32(39)24-38(19-7-21-41-4)33(40)26-12-16-29(35)17-13-26/h5-6,8-17,22,36H,7,18-21,23-24H2,1-4H3. The van der Waals surface area contributed by atoms with Gasteiger partial charge in [0.05, 0.1) is 0 Å². The summed E-state index contributed by atoms with van der Waals surface area (Å²) >= 11 is 6.04. The number of H-pyrrole nitrogens is 1. The number of hydrogen-bond acceptors (Lipinski definition) is 3. The number of methoxy groups -OCH3 is 1. The van der Waals surface area contributed by atoms with E-state index in [2.05, 4.69) is 62.2 Å². The van der Waals surface area contributed by atoms with Gasteiger partial charge in [0.2, 0.25) is 5.91 Å². The molecule has 0 atom stereocenters. The summed E-state index contributed by atoms with van der Waals surface area (Å²) in [5.74, 6) is -0.290. The molecule has 2 amide bonds. The molecule has 0 saturated heterocycles. The van der Waals surface area contributed by atoms with Gasteiger partial charge < -0.3 is 19.5 Å². The molecular formula is C34H40ClN3O3. The fraction of sp³-hybridized carbons (Fsp3) is 0.353. The van der Waals surface area contributed by atoms with Crippen molar-refractivity contribution < 1.29 is 14.3 Å². The summed E-state index contributed by atoms with van der Waals surface area (Å²) in [7, 11) is 1.63. The lowest BCUT2D eigenvalue weighted by Gasteiger charge is -2.28. The number of fused-ring (bicyclic) bond motifs is 1. The molecule has 216 valence electrons. The van der Waals surface area contributed by atoms with Crippen molar-refractivity contribution in [3.05, 3.63) is 106 Å². The lowest BCUT2D eigenvalue weighted by atomic mass is 9.87. The normalized spacial score (nSPS) is 11.5. The smallest absolute Gasteiger partial charge is 0.254 e. The van der Waals surface area contributed by atoms with Gasteiger partial charge in [-0.1, -0.05) is 74.8 Å². The van der Waals surface area contributed by atoms with Crippen molar-refractivity contribution in [3.8, 4) is 0 Å². The van der Waals surface area contributed by atoms with E-state index in [9.17, 15) is 9.59 Å². The van der Waals surface area contributed by atoms with Gasteiger partial charge in [0.1, 0.15) is 6.54 Å². The molecule has 1 aromatic heterocycles. The Kier molecular flexibility index (Phi) is 10.2. The van der Waals surface area contributed by atoms with Gasteiger partial charge in [-0.3, -0.25) is 9.59 Å². The van der Waals surface area contributed by atoms with Gasteiger partial charge in [0, 0.05) is 61.0 Å². The minimum atomic E-state index is -0.197. The Labute approximate surface area is 248 Å². The molecule has 0 unspecified atom stereocenters. The second-order valence-corrected chi connectivity index (χ2v) is 11.9. The van der Waals surface area contributed by atoms with E-state index < -0.39 is 0 Å². The number of rotatable bonds is 12. The number of aromatic amines is 1. The zero-order chi connectivity index (χ0) is 29.4. The quantitative estimate of drug-likeness (QED) is 0.188. The van der Waals surface area contributed by atoms with Crippen LogP contribution in [0.2, 0.25) is 5.02 Å². The molecule has 1 N–H and O–H groups in total. The van der Waals surface area contributed by atoms with Crippen LogP contribution in [-0.4, -0.2) is 59.9 Å². The average molecular weight is 574 g/mol. The van der Waals surface area contributed by atoms with E-state index in [-0.39, 0.29) is 23.8 Å². The van der Waals surface area contributed by atoms with Crippen LogP contribution < -0.4 is 0 Å². The van der Waals surface area contributed by atoms with Crippen LogP contribution in [0.4, 0.5) is 0 Å². The zero-order valence-corrected chi connectivity index (χ0v) is 25.2. The van der Waals surface area contributed by atoms with Crippen molar-refractivity contribution in [1.29, 1.82) is 0 Å². The molecule has 0 aliphatic heterocycles. The Bertz CT molecular complexity index is 1440. The minimum Gasteiger partial charge on any atom is -0.385 e. The van der Waals surface area contributed by atoms with E-state index in [0.717, 1.165) is 22.0 Å². The van der Waals surface area contributed by atoms with Crippen molar-refractivity contribution in [2.45, 2.75) is 45.6 Å². The Balaban J connectivity index is 1.56. The zero-order valence-electron chi connectivity index (χ0n) is 24.5. The molecule has 1 heterocycles. The number of benzene rings is 3. The molecule has 4 aromatic rings. The fourth-order valence-corrected chi connectivity index (χ4v) is 5.03. The third kappa shape index (κ3) is 8.21. The Morgan fingerprint density at radius 3 is 2.29 bits per heavy atom. The van der Waals surface area contributed by atoms with Crippen LogP contribution in [0.3, 0.4) is 0 Å². The van der Waals surface area contributed by atoms with E-state index in [0.29, 0.717) is 49.7 Å². The predicted octanol–water partition coefficient (Wildman–Crippen LogP) is 6.87. The largest absolute Gasteiger partial charge is 0.385 e. The summed E-state index contributed by atoms with van der Waals surface area (Å²) in [6, 6.07) is 23.4. The van der Waals surface area contributed by atoms with Crippen LogP contribution in [0, 0.1) is 0 Å². The molecule has 0 aliphatic rings. The van der Waals surface area contributed by atoms with E-state index in [1.807, 2.05) is 23.2 Å². The lowest BCUT2D eigenvalue weighted by Crippen LogP contribution is -2.44. The Morgan fingerprint density at radius 2 is 1.61 bits per heavy atom. The lowest BCUT2D eigenvalue weighted by molar-refractivity contribution is -0.132. The Morgan fingerprint density at radius 1 is 0.902 bits per heavy atom. The van der Waals surface area contributed by atoms with Gasteiger partial charge in [-0.25, -0.2) is 0 Å². The number of aromatic nitrogens is 1. The third-order valence-corrected chi connectivity index (χ3v) is 7.61. The van der Waals surface area contributed by atoms with Gasteiger partial charge >= 0.3 is 0 Å². The van der Waals surface area contributed by atoms with Crippen LogP contribution >= 0.6 is 11.6 Å². The minimum absolute atomic E-state index is 0.0147. The highest BCUT2D eigenvalue weighted by molar-refractivity contribution is 6.30. The first-order valence-electron chi connectivity index (χ1n) is 14.1. The van der Waals surface area contributed by atoms with E-state index in [1.54, 1.807) is 36.3 Å². The van der Waals surface area contributed by atoms with Gasteiger partial charge in [0.25, 0.3) is 5.91 Å². The molecular weight excluding hydrogens is 534 g/mol. The topological polar surface area (TPSA) is 65.6 Å². The summed E-state index contributed by atoms with van der Waals surface area (Å²) in [4.78, 5) is 34.2. The van der Waals surface area contributed by atoms with E-state index in [1.165, 1.54) is 5.56 Å². The van der Waals surface area contributed by atoms with Crippen molar-refractivity contribution in [1.82, 2.24) is 14.8 Å². The van der Waals surface area contributed by atoms with Crippen molar-refractivity contribution in [3.63, 3.8) is 0 Å². The number of nitrogens with zero attached hydrogens (tertiary/aromatic N) is 2. The van der Waals surface area contributed by atoms with Crippen molar-refractivity contribution in [2.24, 2.45) is 0 Å². The first kappa shape index (κ1) is 30.4. The number of ether oxygens (including phenoxy) is 1. The van der Waals surface area contributed by atoms with Crippen LogP contribution in [0.1, 0.15) is 54.2 Å². The van der Waals surface area contributed by atoms with Crippen LogP contribution in [0.5, 0.6) is 0 Å². The predicted molar refractivity (Wildman–Crippen MR) is 166 cm³/mol. The second-order valence-electron chi connectivity index (χ2n) is 11.5. The summed E-state index contributed by atoms with van der Waals surface area (Å²) in [5.41, 5.74) is 5.10. The number of halogens is 1. The molecule has 3 aromatic carbocycles. The maximum absolute atomic E-state index is 13.9. The maximum Gasteiger partial charge on any atom is 0.254 e. The van der Waals surface area contributed by atoms with E-state index in [4.69, 9.17) is 16.3 Å². The number of carbonyl (C=O) groups is 2. The van der Waals surface area contributed by atoms with Crippen LogP contribution in [0.15, 0.2) is 79.0 Å². The molecule has 0 fully saturated rings. The van der Waals surface area contributed by atoms with Gasteiger partial charge in [0.15, 0.2) is 0 Å². The highest BCUT2D eigenvalue weighted by atomic mass is 35.5. The number of amides is 2. The van der Waals surface area contributed by atoms with Crippen LogP contribution in [0.25, 0.3) is 10.9 Å². The molecule has 0 bridgehead atoms. The average Bonchev–Trinajstić information content (AvgIpc) is 3.37. The summed E-state index contributed by atoms with van der Waals surface area (Å²) in [5, 5.41) is 1.72. The Hall–Kier alpha value is -3.61. The molecule has 4 rings (SSSR count). The number of carbonyl (C=O) groups excluding carboxylic acids is 2. The molecule has 0 radical (unpaired) electrons. The molecule has 0 spiro atoms. The SMILES string of the molecule is COCCCN(CC(=O)N(CCc1c[nH]c2ccccc12)Cc1ccc(C(C)(C)C)cc1)C(=O)c1ccc(Cl)cc1. The monoisotopic (exact) mass is 573 g/mol. The molecule has 7 heteroatoms. The fourth-order valence-electron chi connectivity index (χ4n) is 4.91. The molecule has 0 saturated carbocycles. The highest BCUT2D eigenvalue weighted by Crippen LogP contribution is 2.23. The van der Waals surface area contributed by atoms with Crippen LogP contribution in [-0.2, 0) is 27.9 Å². The first-order valence-corrected chi connectivity index (χ1v) is 14.5. The number of hydrogen-bond donors (Lipinski definition) is 1. The van der Waals surface area contributed by atoms with E-state index >= 15 is 0 Å². The third-order valence-electron chi connectivity index (χ3n) is 7.35. The van der Waals surface area contributed by atoms with Gasteiger partial charge in [-0.15, -0.1) is 0 Å². The first-order chi connectivity index (χ1) is 19.7. The maximum atomic E-state index is 13.9. The van der Waals surface area contributed by atoms with Gasteiger partial charge in [-0.05, 0) is 65.3 Å². The van der Waals surface area contributed by atoms with Gasteiger partial charge in [-0.2, -0.15) is 0 Å². The summed E-state index contributed by atoms with van der Waals surface area (Å²) in [6.45, 7) is 8.47. The second kappa shape index (κ2) is 13.8.